The summed E-state index contributed by atoms with van der Waals surface area (Å²) in [5.74, 6) is -0.575. The average molecular weight is 235 g/mol. The van der Waals surface area contributed by atoms with Crippen LogP contribution in [0.5, 0.6) is 0 Å². The summed E-state index contributed by atoms with van der Waals surface area (Å²) < 4.78 is 13.9. The number of rotatable bonds is 2. The molecule has 16 heavy (non-hydrogen) atoms. The van der Waals surface area contributed by atoms with Gasteiger partial charge in [-0.25, -0.2) is 4.39 Å². The van der Waals surface area contributed by atoms with Gasteiger partial charge in [0.1, 0.15) is 5.82 Å². The molecule has 3 heteroatoms. The van der Waals surface area contributed by atoms with Crippen molar-refractivity contribution in [1.29, 1.82) is 0 Å². The van der Waals surface area contributed by atoms with Crippen LogP contribution in [0.4, 0.5) is 4.39 Å². The Kier molecular flexibility index (Phi) is 3.02. The Labute approximate surface area is 97.5 Å². The molecule has 2 aromatic rings. The van der Waals surface area contributed by atoms with E-state index in [-0.39, 0.29) is 5.56 Å². The first-order valence-electron chi connectivity index (χ1n) is 4.74. The van der Waals surface area contributed by atoms with E-state index in [1.54, 1.807) is 24.3 Å². The zero-order chi connectivity index (χ0) is 11.5. The van der Waals surface area contributed by atoms with Crippen LogP contribution in [0.25, 0.3) is 11.1 Å². The highest BCUT2D eigenvalue weighted by Gasteiger charge is 2.13. The molecule has 0 aromatic heterocycles. The van der Waals surface area contributed by atoms with Gasteiger partial charge in [-0.3, -0.25) is 4.79 Å². The lowest BCUT2D eigenvalue weighted by Gasteiger charge is -2.05. The maximum atomic E-state index is 13.9. The van der Waals surface area contributed by atoms with Gasteiger partial charge >= 0.3 is 0 Å². The Balaban J connectivity index is 2.59. The molecule has 80 valence electrons. The summed E-state index contributed by atoms with van der Waals surface area (Å²) in [5, 5.41) is -0.782. The van der Waals surface area contributed by atoms with Crippen molar-refractivity contribution in [2.45, 2.75) is 0 Å². The number of benzene rings is 2. The lowest BCUT2D eigenvalue weighted by Crippen LogP contribution is -1.96. The van der Waals surface area contributed by atoms with Gasteiger partial charge in [0.25, 0.3) is 5.24 Å². The molecule has 0 aliphatic heterocycles. The largest absolute Gasteiger partial charge is 0.275 e. The van der Waals surface area contributed by atoms with Crippen LogP contribution < -0.4 is 0 Å². The van der Waals surface area contributed by atoms with E-state index in [0.717, 1.165) is 5.56 Å². The van der Waals surface area contributed by atoms with Crippen molar-refractivity contribution < 1.29 is 9.18 Å². The van der Waals surface area contributed by atoms with Crippen LogP contribution in [-0.2, 0) is 0 Å². The monoisotopic (exact) mass is 234 g/mol. The van der Waals surface area contributed by atoms with Crippen molar-refractivity contribution in [3.05, 3.63) is 59.9 Å². The number of hydrogen-bond donors (Lipinski definition) is 0. The highest BCUT2D eigenvalue weighted by atomic mass is 35.5. The fraction of sp³-hybridized carbons (Fsp3) is 0. The SMILES string of the molecule is O=C(Cl)c1cccc(-c2ccccc2)c1F. The van der Waals surface area contributed by atoms with Crippen molar-refractivity contribution in [3.63, 3.8) is 0 Å². The molecule has 0 N–H and O–H groups in total. The highest BCUT2D eigenvalue weighted by molar-refractivity contribution is 6.67. The molecule has 0 saturated carbocycles. The normalized spacial score (nSPS) is 10.1. The molecular formula is C13H8ClFO. The first-order chi connectivity index (χ1) is 7.70. The number of carbonyl (C=O) groups excluding carboxylic acids is 1. The molecule has 0 heterocycles. The Hall–Kier alpha value is -1.67. The predicted octanol–water partition coefficient (Wildman–Crippen LogP) is 3.87. The van der Waals surface area contributed by atoms with E-state index in [9.17, 15) is 9.18 Å². The molecule has 0 aliphatic carbocycles. The Bertz CT molecular complexity index is 523. The van der Waals surface area contributed by atoms with Crippen molar-refractivity contribution in [1.82, 2.24) is 0 Å². The molecule has 0 bridgehead atoms. The van der Waals surface area contributed by atoms with E-state index in [0.29, 0.717) is 5.56 Å². The van der Waals surface area contributed by atoms with Crippen molar-refractivity contribution in [2.75, 3.05) is 0 Å². The fourth-order valence-electron chi connectivity index (χ4n) is 1.52. The summed E-state index contributed by atoms with van der Waals surface area (Å²) in [5.41, 5.74) is 1.01. The van der Waals surface area contributed by atoms with E-state index in [2.05, 4.69) is 0 Å². The van der Waals surface area contributed by atoms with Crippen LogP contribution in [0.15, 0.2) is 48.5 Å². The quantitative estimate of drug-likeness (QED) is 0.721. The molecule has 0 radical (unpaired) electrons. The van der Waals surface area contributed by atoms with Crippen LogP contribution in [0.1, 0.15) is 10.4 Å². The van der Waals surface area contributed by atoms with Crippen molar-refractivity contribution in [2.24, 2.45) is 0 Å². The number of hydrogen-bond acceptors (Lipinski definition) is 1. The third-order valence-corrected chi connectivity index (χ3v) is 2.50. The topological polar surface area (TPSA) is 17.1 Å². The summed E-state index contributed by atoms with van der Waals surface area (Å²) in [4.78, 5) is 11.0. The second-order valence-electron chi connectivity index (χ2n) is 3.31. The Morgan fingerprint density at radius 2 is 1.69 bits per heavy atom. The van der Waals surface area contributed by atoms with Crippen LogP contribution in [0, 0.1) is 5.82 Å². The van der Waals surface area contributed by atoms with Gasteiger partial charge in [-0.1, -0.05) is 42.5 Å². The Morgan fingerprint density at radius 1 is 1.00 bits per heavy atom. The molecule has 0 saturated heterocycles. The first kappa shape index (κ1) is 10.8. The van der Waals surface area contributed by atoms with Gasteiger partial charge in [0.2, 0.25) is 0 Å². The van der Waals surface area contributed by atoms with E-state index >= 15 is 0 Å². The predicted molar refractivity (Wildman–Crippen MR) is 62.0 cm³/mol. The van der Waals surface area contributed by atoms with Crippen molar-refractivity contribution >= 4 is 16.8 Å². The lowest BCUT2D eigenvalue weighted by molar-refractivity contribution is 0.107. The molecule has 1 nitrogen and oxygen atoms in total. The van der Waals surface area contributed by atoms with E-state index in [4.69, 9.17) is 11.6 Å². The van der Waals surface area contributed by atoms with E-state index in [1.807, 2.05) is 18.2 Å². The first-order valence-corrected chi connectivity index (χ1v) is 5.11. The second-order valence-corrected chi connectivity index (χ2v) is 3.65. The lowest BCUT2D eigenvalue weighted by atomic mass is 10.0. The summed E-state index contributed by atoms with van der Waals surface area (Å²) in [6.07, 6.45) is 0. The van der Waals surface area contributed by atoms with Gasteiger partial charge in [-0.15, -0.1) is 0 Å². The van der Waals surface area contributed by atoms with E-state index in [1.165, 1.54) is 6.07 Å². The molecule has 0 unspecified atom stereocenters. The van der Waals surface area contributed by atoms with Gasteiger partial charge in [0.15, 0.2) is 0 Å². The van der Waals surface area contributed by atoms with Crippen LogP contribution in [0.3, 0.4) is 0 Å². The van der Waals surface area contributed by atoms with Crippen LogP contribution in [0.2, 0.25) is 0 Å². The van der Waals surface area contributed by atoms with Gasteiger partial charge < -0.3 is 0 Å². The zero-order valence-corrected chi connectivity index (χ0v) is 9.04. The molecule has 0 amide bonds. The molecule has 2 aromatic carbocycles. The fourth-order valence-corrected chi connectivity index (χ4v) is 1.67. The summed E-state index contributed by atoms with van der Waals surface area (Å²) in [7, 11) is 0. The summed E-state index contributed by atoms with van der Waals surface area (Å²) in [6.45, 7) is 0. The van der Waals surface area contributed by atoms with Crippen molar-refractivity contribution in [3.8, 4) is 11.1 Å². The average Bonchev–Trinajstić information content (AvgIpc) is 2.30. The molecule has 0 spiro atoms. The van der Waals surface area contributed by atoms with Gasteiger partial charge in [0, 0.05) is 5.56 Å². The number of halogens is 2. The van der Waals surface area contributed by atoms with Gasteiger partial charge in [0.05, 0.1) is 5.56 Å². The standard InChI is InChI=1S/C13H8ClFO/c14-13(16)11-8-4-7-10(12(11)15)9-5-2-1-3-6-9/h1-8H. The van der Waals surface area contributed by atoms with Gasteiger partial charge in [-0.2, -0.15) is 0 Å². The third-order valence-electron chi connectivity index (χ3n) is 2.30. The molecule has 2 rings (SSSR count). The minimum Gasteiger partial charge on any atom is -0.275 e. The Morgan fingerprint density at radius 3 is 2.31 bits per heavy atom. The minimum absolute atomic E-state index is 0.0944. The summed E-state index contributed by atoms with van der Waals surface area (Å²) >= 11 is 5.29. The molecule has 0 fully saturated rings. The molecule has 0 atom stereocenters. The second kappa shape index (κ2) is 4.45. The summed E-state index contributed by atoms with van der Waals surface area (Å²) in [6, 6.07) is 13.6. The zero-order valence-electron chi connectivity index (χ0n) is 8.28. The molecular weight excluding hydrogens is 227 g/mol. The maximum Gasteiger partial charge on any atom is 0.255 e. The minimum atomic E-state index is -0.782. The van der Waals surface area contributed by atoms with Gasteiger partial charge in [-0.05, 0) is 23.2 Å². The third kappa shape index (κ3) is 1.97. The highest BCUT2D eigenvalue weighted by Crippen LogP contribution is 2.25. The molecule has 0 aliphatic rings. The smallest absolute Gasteiger partial charge is 0.255 e. The number of carbonyl (C=O) groups is 1. The van der Waals surface area contributed by atoms with Crippen LogP contribution >= 0.6 is 11.6 Å². The van der Waals surface area contributed by atoms with E-state index < -0.39 is 11.1 Å². The van der Waals surface area contributed by atoms with Crippen LogP contribution in [-0.4, -0.2) is 5.24 Å². The maximum absolute atomic E-state index is 13.9.